The van der Waals surface area contributed by atoms with Gasteiger partial charge in [-0.2, -0.15) is 5.10 Å². The molecule has 0 amide bonds. The Morgan fingerprint density at radius 3 is 2.54 bits per heavy atom. The number of ether oxygens (including phenoxy) is 1. The minimum Gasteiger partial charge on any atom is -0.454 e. The van der Waals surface area contributed by atoms with E-state index in [2.05, 4.69) is 56.2 Å². The summed E-state index contributed by atoms with van der Waals surface area (Å²) in [7, 11) is 2.17. The summed E-state index contributed by atoms with van der Waals surface area (Å²) in [6.07, 6.45) is 0.575. The van der Waals surface area contributed by atoms with Crippen LogP contribution in [-0.4, -0.2) is 89.5 Å². The van der Waals surface area contributed by atoms with Gasteiger partial charge in [0.15, 0.2) is 11.4 Å². The molecule has 2 saturated heterocycles. The zero-order valence-electron chi connectivity index (χ0n) is 20.1. The van der Waals surface area contributed by atoms with Gasteiger partial charge in [-0.1, -0.05) is 30.3 Å². The van der Waals surface area contributed by atoms with Gasteiger partial charge in [0.05, 0.1) is 25.5 Å². The summed E-state index contributed by atoms with van der Waals surface area (Å²) in [5, 5.41) is 7.66. The molecular formula is C26H31N7O2. The number of nitrogens with zero attached hydrogens (tertiary/aromatic N) is 6. The molecule has 2 fully saturated rings. The summed E-state index contributed by atoms with van der Waals surface area (Å²) >= 11 is 0. The second-order valence-electron chi connectivity index (χ2n) is 9.39. The summed E-state index contributed by atoms with van der Waals surface area (Å²) in [5.74, 6) is 2.56. The van der Waals surface area contributed by atoms with E-state index >= 15 is 0 Å². The lowest BCUT2D eigenvalue weighted by Gasteiger charge is -2.31. The molecule has 6 rings (SSSR count). The molecule has 2 aliphatic heterocycles. The summed E-state index contributed by atoms with van der Waals surface area (Å²) in [6, 6.07) is 14.3. The van der Waals surface area contributed by atoms with Gasteiger partial charge in [-0.05, 0) is 13.1 Å². The van der Waals surface area contributed by atoms with Crippen LogP contribution in [-0.2, 0) is 17.7 Å². The average molecular weight is 474 g/mol. The maximum Gasteiger partial charge on any atom is 0.195 e. The van der Waals surface area contributed by atoms with E-state index in [9.17, 15) is 0 Å². The summed E-state index contributed by atoms with van der Waals surface area (Å²) in [6.45, 7) is 8.02. The molecule has 182 valence electrons. The number of likely N-dealkylation sites (N-methyl/N-ethyl adjacent to an activating group) is 1. The predicted octanol–water partition coefficient (Wildman–Crippen LogP) is 2.79. The second kappa shape index (κ2) is 9.77. The molecule has 0 radical (unpaired) electrons. The lowest BCUT2D eigenvalue weighted by molar-refractivity contribution is 0.122. The number of piperazine rings is 1. The van der Waals surface area contributed by atoms with Crippen molar-refractivity contribution in [1.29, 1.82) is 0 Å². The van der Waals surface area contributed by atoms with E-state index in [1.165, 1.54) is 0 Å². The van der Waals surface area contributed by atoms with E-state index in [4.69, 9.17) is 19.1 Å². The standard InChI is InChI=1S/C26H31N7O2/c1-31-7-9-32(10-8-31)18-21-17-23-25(35-21)26(33-11-13-34-14-12-33)28-24(27-23)16-20-15-22(30-29-20)19-5-3-2-4-6-19/h2-6,15,17H,7-14,16,18H2,1H3,(H,29,30). The number of furan rings is 1. The highest BCUT2D eigenvalue weighted by atomic mass is 16.5. The van der Waals surface area contributed by atoms with Gasteiger partial charge in [0, 0.05) is 63.0 Å². The maximum atomic E-state index is 6.37. The SMILES string of the molecule is CN1CCN(Cc2cc3nc(Cc4cc(-c5ccccc5)n[nH]4)nc(N4CCOCC4)c3o2)CC1. The van der Waals surface area contributed by atoms with Gasteiger partial charge in [-0.3, -0.25) is 10.00 Å². The quantitative estimate of drug-likeness (QED) is 0.458. The lowest BCUT2D eigenvalue weighted by atomic mass is 10.1. The van der Waals surface area contributed by atoms with Crippen LogP contribution in [0, 0.1) is 0 Å². The van der Waals surface area contributed by atoms with Crippen LogP contribution < -0.4 is 4.90 Å². The number of benzene rings is 1. The van der Waals surface area contributed by atoms with Crippen LogP contribution in [0.15, 0.2) is 46.9 Å². The Morgan fingerprint density at radius 2 is 1.74 bits per heavy atom. The van der Waals surface area contributed by atoms with Crippen LogP contribution in [0.25, 0.3) is 22.4 Å². The monoisotopic (exact) mass is 473 g/mol. The number of aromatic nitrogens is 4. The first kappa shape index (κ1) is 22.2. The Kier molecular flexibility index (Phi) is 6.20. The minimum atomic E-state index is 0.575. The molecule has 9 nitrogen and oxygen atoms in total. The Labute approximate surface area is 204 Å². The van der Waals surface area contributed by atoms with Gasteiger partial charge in [-0.15, -0.1) is 0 Å². The van der Waals surface area contributed by atoms with Crippen molar-refractivity contribution >= 4 is 16.9 Å². The fraction of sp³-hybridized carbons (Fsp3) is 0.423. The number of anilines is 1. The molecule has 3 aromatic heterocycles. The van der Waals surface area contributed by atoms with Crippen molar-refractivity contribution in [2.24, 2.45) is 0 Å². The van der Waals surface area contributed by atoms with Gasteiger partial charge in [0.1, 0.15) is 17.1 Å². The molecule has 0 atom stereocenters. The summed E-state index contributed by atoms with van der Waals surface area (Å²) in [4.78, 5) is 16.9. The number of H-pyrrole nitrogens is 1. The Hall–Kier alpha value is -3.27. The van der Waals surface area contributed by atoms with Crippen molar-refractivity contribution in [2.45, 2.75) is 13.0 Å². The van der Waals surface area contributed by atoms with Gasteiger partial charge in [0.2, 0.25) is 0 Å². The molecule has 0 aliphatic carbocycles. The lowest BCUT2D eigenvalue weighted by Crippen LogP contribution is -2.43. The molecule has 5 heterocycles. The molecule has 1 N–H and O–H groups in total. The highest BCUT2D eigenvalue weighted by Gasteiger charge is 2.23. The predicted molar refractivity (Wildman–Crippen MR) is 134 cm³/mol. The van der Waals surface area contributed by atoms with Crippen molar-refractivity contribution in [3.63, 3.8) is 0 Å². The number of morpholine rings is 1. The molecule has 9 heteroatoms. The Morgan fingerprint density at radius 1 is 0.943 bits per heavy atom. The molecule has 4 aromatic rings. The van der Waals surface area contributed by atoms with Crippen molar-refractivity contribution in [1.82, 2.24) is 30.0 Å². The van der Waals surface area contributed by atoms with E-state index in [1.54, 1.807) is 0 Å². The molecule has 35 heavy (non-hydrogen) atoms. The van der Waals surface area contributed by atoms with E-state index in [-0.39, 0.29) is 0 Å². The molecule has 0 spiro atoms. The fourth-order valence-corrected chi connectivity index (χ4v) is 4.76. The number of hydrogen-bond donors (Lipinski definition) is 1. The van der Waals surface area contributed by atoms with Gasteiger partial charge in [-0.25, -0.2) is 9.97 Å². The van der Waals surface area contributed by atoms with Crippen LogP contribution in [0.3, 0.4) is 0 Å². The van der Waals surface area contributed by atoms with Crippen LogP contribution in [0.5, 0.6) is 0 Å². The average Bonchev–Trinajstić information content (AvgIpc) is 3.53. The largest absolute Gasteiger partial charge is 0.454 e. The molecule has 1 aromatic carbocycles. The van der Waals surface area contributed by atoms with E-state index in [0.29, 0.717) is 19.6 Å². The number of fused-ring (bicyclic) bond motifs is 1. The topological polar surface area (TPSA) is 86.6 Å². The smallest absolute Gasteiger partial charge is 0.195 e. The first-order chi connectivity index (χ1) is 17.2. The van der Waals surface area contributed by atoms with E-state index in [0.717, 1.165) is 91.3 Å². The number of nitrogens with one attached hydrogen (secondary N) is 1. The molecule has 2 aliphatic rings. The molecular weight excluding hydrogens is 442 g/mol. The fourth-order valence-electron chi connectivity index (χ4n) is 4.76. The summed E-state index contributed by atoms with van der Waals surface area (Å²) < 4.78 is 11.9. The third-order valence-electron chi connectivity index (χ3n) is 6.79. The van der Waals surface area contributed by atoms with Gasteiger partial charge < -0.3 is 19.0 Å². The van der Waals surface area contributed by atoms with Crippen molar-refractivity contribution < 1.29 is 9.15 Å². The van der Waals surface area contributed by atoms with Gasteiger partial charge >= 0.3 is 0 Å². The summed E-state index contributed by atoms with van der Waals surface area (Å²) in [5.41, 5.74) is 4.63. The number of rotatable bonds is 6. The highest BCUT2D eigenvalue weighted by Crippen LogP contribution is 2.29. The maximum absolute atomic E-state index is 6.37. The molecule has 0 saturated carbocycles. The Bertz CT molecular complexity index is 1270. The van der Waals surface area contributed by atoms with E-state index in [1.807, 2.05) is 18.2 Å². The second-order valence-corrected chi connectivity index (χ2v) is 9.39. The van der Waals surface area contributed by atoms with Crippen LogP contribution in [0.2, 0.25) is 0 Å². The van der Waals surface area contributed by atoms with Crippen molar-refractivity contribution in [3.8, 4) is 11.3 Å². The van der Waals surface area contributed by atoms with Crippen LogP contribution >= 0.6 is 0 Å². The van der Waals surface area contributed by atoms with E-state index < -0.39 is 0 Å². The zero-order valence-corrected chi connectivity index (χ0v) is 20.1. The third-order valence-corrected chi connectivity index (χ3v) is 6.79. The van der Waals surface area contributed by atoms with Gasteiger partial charge in [0.25, 0.3) is 0 Å². The van der Waals surface area contributed by atoms with Crippen molar-refractivity contribution in [2.75, 3.05) is 64.4 Å². The number of hydrogen-bond acceptors (Lipinski definition) is 8. The van der Waals surface area contributed by atoms with Crippen LogP contribution in [0.4, 0.5) is 5.82 Å². The Balaban J connectivity index is 1.29. The molecule has 0 bridgehead atoms. The normalized spacial score (nSPS) is 17.9. The highest BCUT2D eigenvalue weighted by molar-refractivity contribution is 5.84. The van der Waals surface area contributed by atoms with Crippen molar-refractivity contribution in [3.05, 3.63) is 59.7 Å². The third kappa shape index (κ3) is 4.93. The zero-order chi connectivity index (χ0) is 23.6. The molecule has 0 unspecified atom stereocenters. The van der Waals surface area contributed by atoms with Crippen LogP contribution in [0.1, 0.15) is 17.3 Å². The first-order valence-corrected chi connectivity index (χ1v) is 12.3. The first-order valence-electron chi connectivity index (χ1n) is 12.3. The number of aromatic amines is 1. The minimum absolute atomic E-state index is 0.575.